The van der Waals surface area contributed by atoms with Gasteiger partial charge in [0.1, 0.15) is 23.9 Å². The molecule has 0 heterocycles. The summed E-state index contributed by atoms with van der Waals surface area (Å²) in [6.07, 6.45) is 0. The van der Waals surface area contributed by atoms with E-state index >= 15 is 0 Å². The van der Waals surface area contributed by atoms with Gasteiger partial charge in [0.15, 0.2) is 0 Å². The predicted octanol–water partition coefficient (Wildman–Crippen LogP) is 2.10. The summed E-state index contributed by atoms with van der Waals surface area (Å²) in [5.74, 6) is -0.197. The van der Waals surface area contributed by atoms with Crippen molar-refractivity contribution >= 4 is 11.8 Å². The standard InChI is InChI=1S/C19H21FN2O4/c1-22(10-11-26-17-5-3-4-15(20)12-17)13-18(23)21-19(24)14-6-8-16(25-2)9-7-14/h3-9,12H,10-11,13H2,1-2H3,(H,21,23,24). The van der Waals surface area contributed by atoms with E-state index < -0.39 is 11.8 Å². The minimum absolute atomic E-state index is 0.0361. The van der Waals surface area contributed by atoms with Crippen LogP contribution in [0.1, 0.15) is 10.4 Å². The maximum absolute atomic E-state index is 13.0. The number of hydrogen-bond acceptors (Lipinski definition) is 5. The summed E-state index contributed by atoms with van der Waals surface area (Å²) in [6, 6.07) is 12.3. The average Bonchev–Trinajstić information content (AvgIpc) is 2.61. The molecule has 0 bridgehead atoms. The Kier molecular flexibility index (Phi) is 7.11. The zero-order chi connectivity index (χ0) is 18.9. The highest BCUT2D eigenvalue weighted by Gasteiger charge is 2.12. The number of imide groups is 1. The number of methoxy groups -OCH3 is 1. The molecule has 0 fully saturated rings. The van der Waals surface area contributed by atoms with E-state index in [9.17, 15) is 14.0 Å². The third kappa shape index (κ3) is 6.18. The highest BCUT2D eigenvalue weighted by Crippen LogP contribution is 2.12. The first-order chi connectivity index (χ1) is 12.5. The fourth-order valence-electron chi connectivity index (χ4n) is 2.18. The van der Waals surface area contributed by atoms with E-state index in [1.54, 1.807) is 48.3 Å². The van der Waals surface area contributed by atoms with Gasteiger partial charge in [-0.05, 0) is 43.4 Å². The molecular formula is C19H21FN2O4. The Balaban J connectivity index is 1.73. The molecular weight excluding hydrogens is 339 g/mol. The van der Waals surface area contributed by atoms with Gasteiger partial charge in [0.25, 0.3) is 5.91 Å². The molecule has 0 spiro atoms. The molecule has 7 heteroatoms. The summed E-state index contributed by atoms with van der Waals surface area (Å²) < 4.78 is 23.5. The molecule has 2 aromatic rings. The maximum atomic E-state index is 13.0. The molecule has 0 aliphatic heterocycles. The van der Waals surface area contributed by atoms with E-state index in [2.05, 4.69) is 5.32 Å². The highest BCUT2D eigenvalue weighted by molar-refractivity contribution is 6.05. The predicted molar refractivity (Wildman–Crippen MR) is 94.9 cm³/mol. The number of rotatable bonds is 8. The summed E-state index contributed by atoms with van der Waals surface area (Å²) in [5.41, 5.74) is 0.372. The molecule has 26 heavy (non-hydrogen) atoms. The Morgan fingerprint density at radius 3 is 2.50 bits per heavy atom. The molecule has 0 unspecified atom stereocenters. The van der Waals surface area contributed by atoms with E-state index in [1.165, 1.54) is 19.2 Å². The molecule has 0 saturated heterocycles. The van der Waals surface area contributed by atoms with Gasteiger partial charge in [0, 0.05) is 18.2 Å². The second-order valence-corrected chi connectivity index (χ2v) is 5.65. The number of nitrogens with zero attached hydrogens (tertiary/aromatic N) is 1. The Hall–Kier alpha value is -2.93. The SMILES string of the molecule is COc1ccc(C(=O)NC(=O)CN(C)CCOc2cccc(F)c2)cc1. The Morgan fingerprint density at radius 2 is 1.85 bits per heavy atom. The van der Waals surface area contributed by atoms with E-state index in [0.717, 1.165) is 0 Å². The number of amides is 2. The molecule has 0 atom stereocenters. The molecule has 0 aliphatic carbocycles. The van der Waals surface area contributed by atoms with E-state index in [1.807, 2.05) is 0 Å². The lowest BCUT2D eigenvalue weighted by atomic mass is 10.2. The molecule has 0 aliphatic rings. The summed E-state index contributed by atoms with van der Waals surface area (Å²) >= 11 is 0. The third-order valence-corrected chi connectivity index (χ3v) is 3.56. The number of halogens is 1. The minimum Gasteiger partial charge on any atom is -0.497 e. The molecule has 2 amide bonds. The number of carbonyl (C=O) groups is 2. The zero-order valence-electron chi connectivity index (χ0n) is 14.7. The van der Waals surface area contributed by atoms with Crippen LogP contribution in [0.4, 0.5) is 4.39 Å². The van der Waals surface area contributed by atoms with Crippen molar-refractivity contribution in [2.75, 3.05) is 33.9 Å². The van der Waals surface area contributed by atoms with Gasteiger partial charge >= 0.3 is 0 Å². The summed E-state index contributed by atoms with van der Waals surface area (Å²) in [6.45, 7) is 0.773. The second kappa shape index (κ2) is 9.53. The first kappa shape index (κ1) is 19.4. The van der Waals surface area contributed by atoms with E-state index in [4.69, 9.17) is 9.47 Å². The van der Waals surface area contributed by atoms with Crippen molar-refractivity contribution in [1.82, 2.24) is 10.2 Å². The van der Waals surface area contributed by atoms with Crippen LogP contribution in [0.5, 0.6) is 11.5 Å². The smallest absolute Gasteiger partial charge is 0.257 e. The maximum Gasteiger partial charge on any atom is 0.257 e. The molecule has 0 saturated carbocycles. The second-order valence-electron chi connectivity index (χ2n) is 5.65. The van der Waals surface area contributed by atoms with Crippen molar-refractivity contribution in [3.05, 3.63) is 59.9 Å². The number of benzene rings is 2. The number of nitrogens with one attached hydrogen (secondary N) is 1. The van der Waals surface area contributed by atoms with Gasteiger partial charge in [0.2, 0.25) is 5.91 Å². The van der Waals surface area contributed by atoms with E-state index in [-0.39, 0.29) is 12.4 Å². The van der Waals surface area contributed by atoms with Crippen LogP contribution >= 0.6 is 0 Å². The van der Waals surface area contributed by atoms with E-state index in [0.29, 0.717) is 30.2 Å². The van der Waals surface area contributed by atoms with Gasteiger partial charge in [-0.3, -0.25) is 19.8 Å². The van der Waals surface area contributed by atoms with Crippen molar-refractivity contribution in [2.45, 2.75) is 0 Å². The normalized spacial score (nSPS) is 10.5. The van der Waals surface area contributed by atoms with Crippen LogP contribution in [0.2, 0.25) is 0 Å². The van der Waals surface area contributed by atoms with Gasteiger partial charge < -0.3 is 9.47 Å². The summed E-state index contributed by atoms with van der Waals surface area (Å²) in [7, 11) is 3.26. The Bertz CT molecular complexity index is 749. The third-order valence-electron chi connectivity index (χ3n) is 3.56. The summed E-state index contributed by atoms with van der Waals surface area (Å²) in [4.78, 5) is 25.7. The first-order valence-corrected chi connectivity index (χ1v) is 8.03. The van der Waals surface area contributed by atoms with Crippen molar-refractivity contribution in [3.8, 4) is 11.5 Å². The highest BCUT2D eigenvalue weighted by atomic mass is 19.1. The lowest BCUT2D eigenvalue weighted by molar-refractivity contribution is -0.121. The van der Waals surface area contributed by atoms with Crippen molar-refractivity contribution in [2.24, 2.45) is 0 Å². The molecule has 0 radical (unpaired) electrons. The number of hydrogen-bond donors (Lipinski definition) is 1. The van der Waals surface area contributed by atoms with Gasteiger partial charge in [0.05, 0.1) is 13.7 Å². The lowest BCUT2D eigenvalue weighted by Crippen LogP contribution is -2.39. The van der Waals surface area contributed by atoms with Crippen LogP contribution in [-0.2, 0) is 4.79 Å². The molecule has 1 N–H and O–H groups in total. The number of carbonyl (C=O) groups excluding carboxylic acids is 2. The first-order valence-electron chi connectivity index (χ1n) is 8.03. The Labute approximate surface area is 151 Å². The van der Waals surface area contributed by atoms with Crippen molar-refractivity contribution in [3.63, 3.8) is 0 Å². The van der Waals surface area contributed by atoms with Crippen LogP contribution in [0.25, 0.3) is 0 Å². The van der Waals surface area contributed by atoms with Gasteiger partial charge in [-0.2, -0.15) is 0 Å². The van der Waals surface area contributed by atoms with Crippen LogP contribution < -0.4 is 14.8 Å². The van der Waals surface area contributed by atoms with Crippen LogP contribution in [0.15, 0.2) is 48.5 Å². The van der Waals surface area contributed by atoms with Gasteiger partial charge in [-0.15, -0.1) is 0 Å². The van der Waals surface area contributed by atoms with Crippen molar-refractivity contribution in [1.29, 1.82) is 0 Å². The monoisotopic (exact) mass is 360 g/mol. The topological polar surface area (TPSA) is 67.9 Å². The zero-order valence-corrected chi connectivity index (χ0v) is 14.7. The largest absolute Gasteiger partial charge is 0.497 e. The van der Waals surface area contributed by atoms with Crippen LogP contribution in [0, 0.1) is 5.82 Å². The number of likely N-dealkylation sites (N-methyl/N-ethyl adjacent to an activating group) is 1. The molecule has 6 nitrogen and oxygen atoms in total. The van der Waals surface area contributed by atoms with Gasteiger partial charge in [-0.25, -0.2) is 4.39 Å². The molecule has 0 aromatic heterocycles. The molecule has 2 rings (SSSR count). The minimum atomic E-state index is -0.470. The van der Waals surface area contributed by atoms with Crippen LogP contribution in [0.3, 0.4) is 0 Å². The average molecular weight is 360 g/mol. The Morgan fingerprint density at radius 1 is 1.12 bits per heavy atom. The fraction of sp³-hybridized carbons (Fsp3) is 0.263. The van der Waals surface area contributed by atoms with Crippen molar-refractivity contribution < 1.29 is 23.5 Å². The number of ether oxygens (including phenoxy) is 2. The van der Waals surface area contributed by atoms with Crippen LogP contribution in [-0.4, -0.2) is 50.6 Å². The fourth-order valence-corrected chi connectivity index (χ4v) is 2.18. The lowest BCUT2D eigenvalue weighted by Gasteiger charge is -2.16. The quantitative estimate of drug-likeness (QED) is 0.781. The summed E-state index contributed by atoms with van der Waals surface area (Å²) in [5, 5.41) is 2.33. The van der Waals surface area contributed by atoms with Gasteiger partial charge in [-0.1, -0.05) is 6.07 Å². The molecule has 2 aromatic carbocycles. The molecule has 138 valence electrons.